The number of hydrogen-bond acceptors (Lipinski definition) is 2. The third-order valence-electron chi connectivity index (χ3n) is 5.86. The number of rotatable bonds is 3. The van der Waals surface area contributed by atoms with Gasteiger partial charge in [-0.2, -0.15) is 0 Å². The number of likely N-dealkylation sites (tertiary alicyclic amines) is 2. The molecule has 124 valence electrons. The Balaban J connectivity index is 1.26. The van der Waals surface area contributed by atoms with Gasteiger partial charge in [-0.25, -0.2) is 4.79 Å². The van der Waals surface area contributed by atoms with E-state index < -0.39 is 0 Å². The van der Waals surface area contributed by atoms with Crippen LogP contribution in [-0.2, 0) is 0 Å². The maximum atomic E-state index is 12.4. The second-order valence-electron chi connectivity index (χ2n) is 7.79. The quantitative estimate of drug-likeness (QED) is 0.928. The first kappa shape index (κ1) is 15.0. The Morgan fingerprint density at radius 2 is 1.87 bits per heavy atom. The number of carbonyl (C=O) groups excluding carboxylic acids is 1. The molecule has 1 aliphatic carbocycles. The molecular weight excluding hydrogens is 286 g/mol. The topological polar surface area (TPSA) is 35.6 Å². The zero-order valence-corrected chi connectivity index (χ0v) is 13.8. The molecule has 2 aliphatic heterocycles. The number of amides is 2. The van der Waals surface area contributed by atoms with Crippen LogP contribution in [0, 0.1) is 11.3 Å². The lowest BCUT2D eigenvalue weighted by atomic mass is 9.78. The zero-order chi connectivity index (χ0) is 15.7. The van der Waals surface area contributed by atoms with Crippen LogP contribution in [-0.4, -0.2) is 48.6 Å². The van der Waals surface area contributed by atoms with E-state index in [9.17, 15) is 4.79 Å². The van der Waals surface area contributed by atoms with Crippen LogP contribution in [0.2, 0.25) is 0 Å². The summed E-state index contributed by atoms with van der Waals surface area (Å²) in [5, 5.41) is 3.01. The van der Waals surface area contributed by atoms with Crippen LogP contribution in [0.15, 0.2) is 30.3 Å². The first-order chi connectivity index (χ1) is 11.2. The molecule has 3 aliphatic rings. The van der Waals surface area contributed by atoms with Crippen molar-refractivity contribution in [3.8, 4) is 0 Å². The lowest BCUT2D eigenvalue weighted by Crippen LogP contribution is -2.58. The third-order valence-corrected chi connectivity index (χ3v) is 5.86. The van der Waals surface area contributed by atoms with Crippen molar-refractivity contribution in [2.75, 3.05) is 38.0 Å². The van der Waals surface area contributed by atoms with E-state index in [4.69, 9.17) is 0 Å². The number of hydrogen-bond donors (Lipinski definition) is 1. The normalized spacial score (nSPS) is 24.1. The summed E-state index contributed by atoms with van der Waals surface area (Å²) in [7, 11) is 0. The second kappa shape index (κ2) is 6.16. The molecule has 2 heterocycles. The molecule has 4 rings (SSSR count). The van der Waals surface area contributed by atoms with Crippen LogP contribution in [0.3, 0.4) is 0 Å². The molecule has 1 saturated carbocycles. The summed E-state index contributed by atoms with van der Waals surface area (Å²) in [6, 6.07) is 9.81. The Bertz CT molecular complexity index is 547. The minimum absolute atomic E-state index is 0.0577. The maximum absolute atomic E-state index is 12.4. The smallest absolute Gasteiger partial charge is 0.321 e. The van der Waals surface area contributed by atoms with Crippen LogP contribution >= 0.6 is 0 Å². The summed E-state index contributed by atoms with van der Waals surface area (Å²) < 4.78 is 0. The molecule has 0 radical (unpaired) electrons. The van der Waals surface area contributed by atoms with Gasteiger partial charge in [0.1, 0.15) is 0 Å². The minimum Gasteiger partial charge on any atom is -0.324 e. The average molecular weight is 313 g/mol. The largest absolute Gasteiger partial charge is 0.324 e. The molecule has 1 aromatic carbocycles. The highest BCUT2D eigenvalue weighted by atomic mass is 16.2. The molecule has 1 spiro atoms. The van der Waals surface area contributed by atoms with Crippen LogP contribution in [0.25, 0.3) is 0 Å². The Hall–Kier alpha value is -1.55. The molecule has 4 nitrogen and oxygen atoms in total. The first-order valence-corrected chi connectivity index (χ1v) is 9.06. The van der Waals surface area contributed by atoms with Crippen molar-refractivity contribution in [3.63, 3.8) is 0 Å². The van der Waals surface area contributed by atoms with E-state index in [0.717, 1.165) is 31.1 Å². The summed E-state index contributed by atoms with van der Waals surface area (Å²) in [6.07, 6.45) is 6.87. The van der Waals surface area contributed by atoms with Crippen LogP contribution in [0.1, 0.15) is 32.1 Å². The number of nitrogens with zero attached hydrogens (tertiary/aromatic N) is 2. The van der Waals surface area contributed by atoms with Crippen LogP contribution in [0.5, 0.6) is 0 Å². The predicted octanol–water partition coefficient (Wildman–Crippen LogP) is 3.42. The van der Waals surface area contributed by atoms with Crippen molar-refractivity contribution in [2.45, 2.75) is 32.1 Å². The Morgan fingerprint density at radius 1 is 1.13 bits per heavy atom. The molecule has 23 heavy (non-hydrogen) atoms. The highest BCUT2D eigenvalue weighted by Crippen LogP contribution is 2.41. The number of carbonyl (C=O) groups is 1. The summed E-state index contributed by atoms with van der Waals surface area (Å²) >= 11 is 0. The van der Waals surface area contributed by atoms with Gasteiger partial charge >= 0.3 is 6.03 Å². The van der Waals surface area contributed by atoms with Gasteiger partial charge in [-0.3, -0.25) is 0 Å². The van der Waals surface area contributed by atoms with Gasteiger partial charge in [0.05, 0.1) is 0 Å². The molecule has 0 unspecified atom stereocenters. The Labute approximate surface area is 138 Å². The van der Waals surface area contributed by atoms with Crippen molar-refractivity contribution in [3.05, 3.63) is 30.3 Å². The third kappa shape index (κ3) is 3.23. The Kier molecular flexibility index (Phi) is 4.02. The number of nitrogens with one attached hydrogen (secondary N) is 1. The number of benzene rings is 1. The van der Waals surface area contributed by atoms with Gasteiger partial charge in [-0.15, -0.1) is 0 Å². The maximum Gasteiger partial charge on any atom is 0.321 e. The highest BCUT2D eigenvalue weighted by Gasteiger charge is 2.48. The summed E-state index contributed by atoms with van der Waals surface area (Å²) in [5.41, 5.74) is 1.27. The number of para-hydroxylation sites is 1. The number of anilines is 1. The van der Waals surface area contributed by atoms with Gasteiger partial charge in [-0.05, 0) is 37.3 Å². The average Bonchev–Trinajstić information content (AvgIpc) is 3.18. The van der Waals surface area contributed by atoms with Crippen molar-refractivity contribution in [1.82, 2.24) is 9.80 Å². The van der Waals surface area contributed by atoms with Crippen molar-refractivity contribution in [1.29, 1.82) is 0 Å². The molecule has 0 aromatic heterocycles. The summed E-state index contributed by atoms with van der Waals surface area (Å²) in [4.78, 5) is 17.0. The molecule has 0 atom stereocenters. The van der Waals surface area contributed by atoms with Crippen LogP contribution in [0.4, 0.5) is 10.5 Å². The molecule has 1 N–H and O–H groups in total. The van der Waals surface area contributed by atoms with E-state index >= 15 is 0 Å². The number of urea groups is 1. The fraction of sp³-hybridized carbons (Fsp3) is 0.632. The monoisotopic (exact) mass is 313 g/mol. The van der Waals surface area contributed by atoms with Crippen molar-refractivity contribution >= 4 is 11.7 Å². The van der Waals surface area contributed by atoms with Gasteiger partial charge in [0.25, 0.3) is 0 Å². The van der Waals surface area contributed by atoms with Gasteiger partial charge in [0.2, 0.25) is 0 Å². The minimum atomic E-state index is 0.0577. The highest BCUT2D eigenvalue weighted by molar-refractivity contribution is 5.89. The molecular formula is C19H27N3O. The predicted molar refractivity (Wildman–Crippen MR) is 92.5 cm³/mol. The molecule has 2 amide bonds. The zero-order valence-electron chi connectivity index (χ0n) is 13.8. The first-order valence-electron chi connectivity index (χ1n) is 9.06. The molecule has 3 fully saturated rings. The Morgan fingerprint density at radius 3 is 2.61 bits per heavy atom. The van der Waals surface area contributed by atoms with Gasteiger partial charge in [0, 0.05) is 43.8 Å². The van der Waals surface area contributed by atoms with Crippen molar-refractivity contribution in [2.24, 2.45) is 11.3 Å². The molecule has 1 aromatic rings. The summed E-state index contributed by atoms with van der Waals surface area (Å²) in [5.74, 6) is 0.936. The fourth-order valence-electron chi connectivity index (χ4n) is 4.68. The van der Waals surface area contributed by atoms with Crippen molar-refractivity contribution < 1.29 is 4.79 Å². The van der Waals surface area contributed by atoms with E-state index in [0.29, 0.717) is 5.41 Å². The lowest BCUT2D eigenvalue weighted by Gasteiger charge is -2.49. The van der Waals surface area contributed by atoms with E-state index in [2.05, 4.69) is 10.2 Å². The molecule has 4 heteroatoms. The summed E-state index contributed by atoms with van der Waals surface area (Å²) in [6.45, 7) is 5.50. The van der Waals surface area contributed by atoms with Gasteiger partial charge in [-0.1, -0.05) is 31.0 Å². The van der Waals surface area contributed by atoms with E-state index in [-0.39, 0.29) is 6.03 Å². The van der Waals surface area contributed by atoms with Gasteiger partial charge in [0.15, 0.2) is 0 Å². The van der Waals surface area contributed by atoms with E-state index in [1.165, 1.54) is 45.3 Å². The fourth-order valence-corrected chi connectivity index (χ4v) is 4.68. The van der Waals surface area contributed by atoms with Crippen LogP contribution < -0.4 is 5.32 Å². The lowest BCUT2D eigenvalue weighted by molar-refractivity contribution is 0.000672. The molecule has 0 bridgehead atoms. The standard InChI is InChI=1S/C19H27N3O/c23-18(20-17-8-2-1-3-9-17)22-11-10-19(15-22)13-21(14-19)12-16-6-4-5-7-16/h1-3,8-9,16H,4-7,10-15H2,(H,20,23). The molecule has 2 saturated heterocycles. The van der Waals surface area contributed by atoms with E-state index in [1.54, 1.807) is 0 Å². The SMILES string of the molecule is O=C(Nc1ccccc1)N1CCC2(CN(CC3CCCC3)C2)C1. The van der Waals surface area contributed by atoms with Gasteiger partial charge < -0.3 is 15.1 Å². The second-order valence-corrected chi connectivity index (χ2v) is 7.79. The van der Waals surface area contributed by atoms with E-state index in [1.807, 2.05) is 35.2 Å².